The quantitative estimate of drug-likeness (QED) is 0.899. The van der Waals surface area contributed by atoms with E-state index in [9.17, 15) is 4.79 Å². The van der Waals surface area contributed by atoms with Crippen molar-refractivity contribution in [3.63, 3.8) is 0 Å². The number of likely N-dealkylation sites (tertiary alicyclic amines) is 1. The van der Waals surface area contributed by atoms with Gasteiger partial charge in [-0.1, -0.05) is 36.6 Å². The first-order chi connectivity index (χ1) is 10.8. The minimum atomic E-state index is 0.154. The lowest BCUT2D eigenvalue weighted by atomic mass is 9.95. The number of nitrogens with zero attached hydrogens (tertiary/aromatic N) is 1. The van der Waals surface area contributed by atoms with E-state index >= 15 is 0 Å². The molecule has 22 heavy (non-hydrogen) atoms. The molecule has 2 aliphatic rings. The highest BCUT2D eigenvalue weighted by Gasteiger charge is 2.32. The summed E-state index contributed by atoms with van der Waals surface area (Å²) >= 11 is 6.01. The number of benzene rings is 1. The fourth-order valence-electron chi connectivity index (χ4n) is 3.70. The van der Waals surface area contributed by atoms with Crippen molar-refractivity contribution in [1.82, 2.24) is 10.2 Å². The number of rotatable bonds is 2. The van der Waals surface area contributed by atoms with Gasteiger partial charge in [0.2, 0.25) is 5.91 Å². The highest BCUT2D eigenvalue weighted by atomic mass is 35.5. The Morgan fingerprint density at radius 1 is 1.09 bits per heavy atom. The van der Waals surface area contributed by atoms with Crippen molar-refractivity contribution in [1.29, 1.82) is 0 Å². The van der Waals surface area contributed by atoms with E-state index in [2.05, 4.69) is 22.3 Å². The topological polar surface area (TPSA) is 32.3 Å². The molecular formula is C18H25ClN2O. The molecule has 0 saturated carbocycles. The molecule has 4 heteroatoms. The number of halogens is 1. The van der Waals surface area contributed by atoms with Crippen LogP contribution in [0.1, 0.15) is 50.1 Å². The van der Waals surface area contributed by atoms with Crippen LogP contribution in [-0.2, 0) is 4.79 Å². The van der Waals surface area contributed by atoms with E-state index in [1.807, 2.05) is 12.1 Å². The van der Waals surface area contributed by atoms with Gasteiger partial charge in [-0.15, -0.1) is 0 Å². The number of amides is 1. The molecule has 0 bridgehead atoms. The molecule has 0 spiro atoms. The first-order valence-electron chi connectivity index (χ1n) is 8.52. The van der Waals surface area contributed by atoms with Crippen LogP contribution in [0.25, 0.3) is 0 Å². The monoisotopic (exact) mass is 320 g/mol. The first-order valence-corrected chi connectivity index (χ1v) is 8.90. The number of carbonyl (C=O) groups is 1. The molecule has 120 valence electrons. The Morgan fingerprint density at radius 3 is 2.64 bits per heavy atom. The largest absolute Gasteiger partial charge is 0.335 e. The second kappa shape index (κ2) is 7.47. The molecule has 1 aromatic rings. The Labute approximate surface area is 138 Å². The highest BCUT2D eigenvalue weighted by molar-refractivity contribution is 6.30. The third-order valence-electron chi connectivity index (χ3n) is 4.94. The van der Waals surface area contributed by atoms with Gasteiger partial charge >= 0.3 is 0 Å². The zero-order valence-corrected chi connectivity index (χ0v) is 13.8. The first kappa shape index (κ1) is 15.8. The number of carbonyl (C=O) groups excluding carboxylic acids is 1. The van der Waals surface area contributed by atoms with Gasteiger partial charge in [-0.05, 0) is 49.9 Å². The van der Waals surface area contributed by atoms with Gasteiger partial charge < -0.3 is 10.2 Å². The average Bonchev–Trinajstić information content (AvgIpc) is 2.81. The molecule has 2 atom stereocenters. The molecule has 2 fully saturated rings. The van der Waals surface area contributed by atoms with E-state index in [1.165, 1.54) is 18.4 Å². The summed E-state index contributed by atoms with van der Waals surface area (Å²) < 4.78 is 0. The lowest BCUT2D eigenvalue weighted by Gasteiger charge is -2.35. The summed E-state index contributed by atoms with van der Waals surface area (Å²) in [5, 5.41) is 4.12. The van der Waals surface area contributed by atoms with E-state index in [-0.39, 0.29) is 12.0 Å². The minimum Gasteiger partial charge on any atom is -0.335 e. The maximum absolute atomic E-state index is 13.0. The summed E-state index contributed by atoms with van der Waals surface area (Å²) in [7, 11) is 0. The molecule has 3 nitrogen and oxygen atoms in total. The van der Waals surface area contributed by atoms with Gasteiger partial charge in [-0.25, -0.2) is 0 Å². The number of hydrogen-bond acceptors (Lipinski definition) is 2. The van der Waals surface area contributed by atoms with Crippen LogP contribution >= 0.6 is 11.6 Å². The second-order valence-corrected chi connectivity index (χ2v) is 6.93. The number of piperidine rings is 1. The Balaban J connectivity index is 1.80. The van der Waals surface area contributed by atoms with E-state index < -0.39 is 0 Å². The molecule has 0 aliphatic carbocycles. The van der Waals surface area contributed by atoms with Crippen LogP contribution in [0.2, 0.25) is 5.02 Å². The van der Waals surface area contributed by atoms with Crippen molar-refractivity contribution >= 4 is 17.5 Å². The zero-order valence-electron chi connectivity index (χ0n) is 13.1. The summed E-state index contributed by atoms with van der Waals surface area (Å²) in [6.07, 6.45) is 6.73. The Bertz CT molecular complexity index is 496. The standard InChI is InChI=1S/C18H25ClN2O/c19-16-9-7-14(8-10-16)17-6-2-1-3-12-21(17)18(22)15-5-4-11-20-13-15/h7-10,15,17,20H,1-6,11-13H2. The summed E-state index contributed by atoms with van der Waals surface area (Å²) in [6.45, 7) is 2.77. The zero-order chi connectivity index (χ0) is 15.4. The van der Waals surface area contributed by atoms with Crippen molar-refractivity contribution in [3.05, 3.63) is 34.9 Å². The minimum absolute atomic E-state index is 0.154. The predicted molar refractivity (Wildman–Crippen MR) is 90.0 cm³/mol. The highest BCUT2D eigenvalue weighted by Crippen LogP contribution is 2.32. The fraction of sp³-hybridized carbons (Fsp3) is 0.611. The van der Waals surface area contributed by atoms with E-state index in [0.29, 0.717) is 5.91 Å². The molecule has 2 heterocycles. The lowest BCUT2D eigenvalue weighted by Crippen LogP contribution is -2.44. The molecule has 2 aliphatic heterocycles. The van der Waals surface area contributed by atoms with Crippen LogP contribution in [-0.4, -0.2) is 30.4 Å². The SMILES string of the molecule is O=C(C1CCCNC1)N1CCCCCC1c1ccc(Cl)cc1. The Kier molecular flexibility index (Phi) is 5.37. The van der Waals surface area contributed by atoms with Crippen LogP contribution in [0.4, 0.5) is 0 Å². The lowest BCUT2D eigenvalue weighted by molar-refractivity contribution is -0.138. The molecular weight excluding hydrogens is 296 g/mol. The summed E-state index contributed by atoms with van der Waals surface area (Å²) in [5.74, 6) is 0.496. The normalized spacial score (nSPS) is 26.5. The van der Waals surface area contributed by atoms with Crippen molar-refractivity contribution in [3.8, 4) is 0 Å². The number of hydrogen-bond donors (Lipinski definition) is 1. The molecule has 1 aromatic carbocycles. The van der Waals surface area contributed by atoms with E-state index in [4.69, 9.17) is 11.6 Å². The van der Waals surface area contributed by atoms with Crippen LogP contribution in [0.15, 0.2) is 24.3 Å². The third-order valence-corrected chi connectivity index (χ3v) is 5.19. The summed E-state index contributed by atoms with van der Waals surface area (Å²) in [5.41, 5.74) is 1.23. The van der Waals surface area contributed by atoms with Gasteiger partial charge in [0.25, 0.3) is 0 Å². The maximum Gasteiger partial charge on any atom is 0.227 e. The summed E-state index contributed by atoms with van der Waals surface area (Å²) in [4.78, 5) is 15.2. The van der Waals surface area contributed by atoms with Crippen LogP contribution in [0, 0.1) is 5.92 Å². The number of nitrogens with one attached hydrogen (secondary N) is 1. The van der Waals surface area contributed by atoms with Crippen molar-refractivity contribution in [2.75, 3.05) is 19.6 Å². The van der Waals surface area contributed by atoms with Crippen LogP contribution in [0.3, 0.4) is 0 Å². The van der Waals surface area contributed by atoms with Gasteiger partial charge in [0.1, 0.15) is 0 Å². The van der Waals surface area contributed by atoms with Crippen molar-refractivity contribution < 1.29 is 4.79 Å². The molecule has 1 N–H and O–H groups in total. The molecule has 3 rings (SSSR count). The average molecular weight is 321 g/mol. The molecule has 0 radical (unpaired) electrons. The van der Waals surface area contributed by atoms with E-state index in [0.717, 1.165) is 50.3 Å². The van der Waals surface area contributed by atoms with Gasteiger partial charge in [-0.3, -0.25) is 4.79 Å². The maximum atomic E-state index is 13.0. The van der Waals surface area contributed by atoms with Crippen molar-refractivity contribution in [2.45, 2.75) is 44.6 Å². The van der Waals surface area contributed by atoms with Gasteiger partial charge in [0.15, 0.2) is 0 Å². The Morgan fingerprint density at radius 2 is 1.91 bits per heavy atom. The van der Waals surface area contributed by atoms with Gasteiger partial charge in [0.05, 0.1) is 12.0 Å². The Hall–Kier alpha value is -1.06. The van der Waals surface area contributed by atoms with Crippen LogP contribution in [0.5, 0.6) is 0 Å². The molecule has 2 saturated heterocycles. The second-order valence-electron chi connectivity index (χ2n) is 6.49. The molecule has 2 unspecified atom stereocenters. The van der Waals surface area contributed by atoms with Gasteiger partial charge in [0, 0.05) is 18.1 Å². The predicted octanol–water partition coefficient (Wildman–Crippen LogP) is 3.78. The summed E-state index contributed by atoms with van der Waals surface area (Å²) in [6, 6.07) is 8.25. The van der Waals surface area contributed by atoms with E-state index in [1.54, 1.807) is 0 Å². The van der Waals surface area contributed by atoms with Gasteiger partial charge in [-0.2, -0.15) is 0 Å². The molecule has 0 aromatic heterocycles. The van der Waals surface area contributed by atoms with Crippen molar-refractivity contribution in [2.24, 2.45) is 5.92 Å². The third kappa shape index (κ3) is 3.64. The fourth-order valence-corrected chi connectivity index (χ4v) is 3.83. The molecule has 1 amide bonds. The van der Waals surface area contributed by atoms with Crippen LogP contribution < -0.4 is 5.32 Å². The smallest absolute Gasteiger partial charge is 0.227 e.